The molecule has 0 aliphatic carbocycles. The number of aliphatic hydroxyl groups excluding tert-OH is 1. The number of nitrogens with two attached hydrogens (primary N) is 2. The Bertz CT molecular complexity index is 1210. The number of carbonyl (C=O) groups is 2. The Kier molecular flexibility index (Phi) is 8.46. The molecule has 1 aromatic carbocycles. The first kappa shape index (κ1) is 27.7. The molecule has 6 N–H and O–H groups in total. The lowest BCUT2D eigenvalue weighted by Gasteiger charge is -2.37. The van der Waals surface area contributed by atoms with E-state index in [1.54, 1.807) is 17.2 Å². The number of nitrogens with zero attached hydrogens (tertiary/aromatic N) is 5. The molecule has 12 nitrogen and oxygen atoms in total. The van der Waals surface area contributed by atoms with Crippen LogP contribution in [-0.2, 0) is 11.3 Å². The lowest BCUT2D eigenvalue weighted by molar-refractivity contribution is -0.139. The molecule has 206 valence electrons. The predicted octanol–water partition coefficient (Wildman–Crippen LogP) is -0.150. The molecule has 3 amide bonds. The maximum absolute atomic E-state index is 12.8. The SMILES string of the molecule is Cc1cc(-n2ccc(NC(=O)N3CCN(C(=O)[C@@](C)(N)CO)CC3)nc2=O)ccc1CN1CCC(N)CC1. The summed E-state index contributed by atoms with van der Waals surface area (Å²) in [5.41, 5.74) is 13.0. The van der Waals surface area contributed by atoms with Crippen molar-refractivity contribution >= 4 is 17.8 Å². The largest absolute Gasteiger partial charge is 0.394 e. The summed E-state index contributed by atoms with van der Waals surface area (Å²) in [4.78, 5) is 47.4. The average molecular weight is 527 g/mol. The van der Waals surface area contributed by atoms with Crippen LogP contribution in [0.1, 0.15) is 30.9 Å². The van der Waals surface area contributed by atoms with Crippen molar-refractivity contribution < 1.29 is 14.7 Å². The van der Waals surface area contributed by atoms with Crippen LogP contribution in [0.5, 0.6) is 0 Å². The molecule has 0 radical (unpaired) electrons. The number of hydrogen-bond donors (Lipinski definition) is 4. The third kappa shape index (κ3) is 6.38. The van der Waals surface area contributed by atoms with Gasteiger partial charge in [-0.25, -0.2) is 9.59 Å². The number of carbonyl (C=O) groups excluding carboxylic acids is 2. The van der Waals surface area contributed by atoms with Gasteiger partial charge >= 0.3 is 11.7 Å². The standard InChI is InChI=1S/C26H38N8O4/c1-18-15-21(4-3-19(18)16-31-8-5-20(27)6-9-31)34-10-7-22(30-25(34)38)29-24(37)33-13-11-32(12-14-33)23(36)26(2,28)17-35/h3-4,7,10,15,20,35H,5-6,8-9,11-14,16-17,27-28H2,1-2H3,(H,29,30,37,38)/t26-/m0/s1. The molecule has 2 aromatic rings. The van der Waals surface area contributed by atoms with Crippen LogP contribution in [0.25, 0.3) is 5.69 Å². The van der Waals surface area contributed by atoms with Gasteiger partial charge in [-0.05, 0) is 69.1 Å². The molecule has 0 saturated carbocycles. The molecule has 0 spiro atoms. The number of amides is 3. The van der Waals surface area contributed by atoms with Crippen LogP contribution >= 0.6 is 0 Å². The van der Waals surface area contributed by atoms with Crippen molar-refractivity contribution in [2.75, 3.05) is 51.2 Å². The van der Waals surface area contributed by atoms with Crippen LogP contribution in [0.2, 0.25) is 0 Å². The summed E-state index contributed by atoms with van der Waals surface area (Å²) in [6, 6.07) is 7.39. The minimum absolute atomic E-state index is 0.154. The molecule has 0 bridgehead atoms. The van der Waals surface area contributed by atoms with Crippen molar-refractivity contribution in [1.82, 2.24) is 24.3 Å². The number of hydrogen-bond acceptors (Lipinski definition) is 8. The molecule has 0 unspecified atom stereocenters. The Balaban J connectivity index is 1.35. The third-order valence-corrected chi connectivity index (χ3v) is 7.34. The van der Waals surface area contributed by atoms with Crippen molar-refractivity contribution in [1.29, 1.82) is 0 Å². The van der Waals surface area contributed by atoms with E-state index in [0.29, 0.717) is 37.9 Å². The maximum Gasteiger partial charge on any atom is 0.354 e. The predicted molar refractivity (Wildman–Crippen MR) is 144 cm³/mol. The topological polar surface area (TPSA) is 163 Å². The highest BCUT2D eigenvalue weighted by Gasteiger charge is 2.34. The summed E-state index contributed by atoms with van der Waals surface area (Å²) in [6.07, 6.45) is 3.61. The number of piperazine rings is 1. The van der Waals surface area contributed by atoms with Crippen molar-refractivity contribution in [2.45, 2.75) is 44.8 Å². The van der Waals surface area contributed by atoms with Gasteiger partial charge in [0.1, 0.15) is 11.4 Å². The van der Waals surface area contributed by atoms with E-state index in [9.17, 15) is 19.5 Å². The molecular weight excluding hydrogens is 488 g/mol. The van der Waals surface area contributed by atoms with Gasteiger partial charge in [-0.1, -0.05) is 6.07 Å². The number of anilines is 1. The van der Waals surface area contributed by atoms with E-state index in [1.807, 2.05) is 25.1 Å². The highest BCUT2D eigenvalue weighted by atomic mass is 16.3. The molecule has 2 aliphatic rings. The third-order valence-electron chi connectivity index (χ3n) is 7.34. The van der Waals surface area contributed by atoms with Crippen LogP contribution in [0.3, 0.4) is 0 Å². The number of urea groups is 1. The first-order valence-corrected chi connectivity index (χ1v) is 13.0. The minimum atomic E-state index is -1.35. The van der Waals surface area contributed by atoms with Gasteiger partial charge in [0.2, 0.25) is 5.91 Å². The van der Waals surface area contributed by atoms with Gasteiger partial charge < -0.3 is 26.4 Å². The average Bonchev–Trinajstić information content (AvgIpc) is 2.91. The van der Waals surface area contributed by atoms with E-state index >= 15 is 0 Å². The summed E-state index contributed by atoms with van der Waals surface area (Å²) in [6.45, 7) is 7.08. The molecule has 2 saturated heterocycles. The minimum Gasteiger partial charge on any atom is -0.394 e. The zero-order valence-electron chi connectivity index (χ0n) is 22.1. The monoisotopic (exact) mass is 526 g/mol. The maximum atomic E-state index is 12.8. The highest BCUT2D eigenvalue weighted by molar-refractivity contribution is 5.89. The van der Waals surface area contributed by atoms with Gasteiger partial charge in [0.15, 0.2) is 0 Å². The number of likely N-dealkylation sites (tertiary alicyclic amines) is 1. The van der Waals surface area contributed by atoms with Crippen molar-refractivity contribution in [3.05, 3.63) is 52.1 Å². The lowest BCUT2D eigenvalue weighted by atomic mass is 10.0. The van der Waals surface area contributed by atoms with Gasteiger partial charge in [-0.3, -0.25) is 19.6 Å². The second-order valence-corrected chi connectivity index (χ2v) is 10.5. The van der Waals surface area contributed by atoms with Gasteiger partial charge in [-0.2, -0.15) is 4.98 Å². The van der Waals surface area contributed by atoms with Gasteiger partial charge in [0.05, 0.1) is 12.3 Å². The fraction of sp³-hybridized carbons (Fsp3) is 0.538. The van der Waals surface area contributed by atoms with Crippen LogP contribution in [0.15, 0.2) is 35.3 Å². The fourth-order valence-electron chi connectivity index (χ4n) is 4.76. The molecule has 4 rings (SSSR count). The Morgan fingerprint density at radius 1 is 1.11 bits per heavy atom. The second kappa shape index (κ2) is 11.6. The van der Waals surface area contributed by atoms with E-state index in [1.165, 1.54) is 22.0 Å². The zero-order valence-corrected chi connectivity index (χ0v) is 22.1. The summed E-state index contributed by atoms with van der Waals surface area (Å²) in [5.74, 6) is -0.203. The molecule has 1 aromatic heterocycles. The molecular formula is C26H38N8O4. The van der Waals surface area contributed by atoms with E-state index in [2.05, 4.69) is 15.2 Å². The molecule has 38 heavy (non-hydrogen) atoms. The first-order chi connectivity index (χ1) is 18.1. The van der Waals surface area contributed by atoms with Crippen molar-refractivity contribution in [3.63, 3.8) is 0 Å². The number of nitrogens with one attached hydrogen (secondary N) is 1. The number of rotatable bonds is 6. The molecule has 12 heteroatoms. The van der Waals surface area contributed by atoms with Crippen LogP contribution in [0, 0.1) is 6.92 Å². The van der Waals surface area contributed by atoms with E-state index < -0.39 is 23.9 Å². The second-order valence-electron chi connectivity index (χ2n) is 10.5. The summed E-state index contributed by atoms with van der Waals surface area (Å²) in [5, 5.41) is 12.0. The van der Waals surface area contributed by atoms with Gasteiger partial charge in [0.25, 0.3) is 0 Å². The van der Waals surface area contributed by atoms with E-state index in [4.69, 9.17) is 11.5 Å². The van der Waals surface area contributed by atoms with Gasteiger partial charge in [-0.15, -0.1) is 0 Å². The number of benzene rings is 1. The smallest absolute Gasteiger partial charge is 0.354 e. The summed E-state index contributed by atoms with van der Waals surface area (Å²) >= 11 is 0. The summed E-state index contributed by atoms with van der Waals surface area (Å²) in [7, 11) is 0. The Morgan fingerprint density at radius 3 is 2.37 bits per heavy atom. The van der Waals surface area contributed by atoms with Crippen LogP contribution in [-0.4, -0.2) is 98.8 Å². The molecule has 2 aliphatic heterocycles. The highest BCUT2D eigenvalue weighted by Crippen LogP contribution is 2.19. The number of aliphatic hydroxyl groups is 1. The lowest BCUT2D eigenvalue weighted by Crippen LogP contribution is -2.60. The normalized spacial score (nSPS) is 18.8. The first-order valence-electron chi connectivity index (χ1n) is 13.0. The van der Waals surface area contributed by atoms with E-state index in [0.717, 1.165) is 38.0 Å². The molecule has 2 fully saturated rings. The quantitative estimate of drug-likeness (QED) is 0.404. The van der Waals surface area contributed by atoms with Gasteiger partial charge in [0, 0.05) is 45.0 Å². The van der Waals surface area contributed by atoms with Crippen molar-refractivity contribution in [2.24, 2.45) is 11.5 Å². The van der Waals surface area contributed by atoms with E-state index in [-0.39, 0.29) is 11.7 Å². The Labute approximate surface area is 222 Å². The number of aromatic nitrogens is 2. The zero-order chi connectivity index (χ0) is 27.4. The molecule has 1 atom stereocenters. The molecule has 3 heterocycles. The summed E-state index contributed by atoms with van der Waals surface area (Å²) < 4.78 is 1.45. The Morgan fingerprint density at radius 2 is 1.76 bits per heavy atom. The fourth-order valence-corrected chi connectivity index (χ4v) is 4.76. The Hall–Kier alpha value is -3.32. The number of piperidine rings is 1. The van der Waals surface area contributed by atoms with Crippen molar-refractivity contribution in [3.8, 4) is 5.69 Å². The van der Waals surface area contributed by atoms with Crippen LogP contribution < -0.4 is 22.5 Å². The van der Waals surface area contributed by atoms with Crippen LogP contribution in [0.4, 0.5) is 10.6 Å². The number of aryl methyl sites for hydroxylation is 1.